The molecule has 1 heterocycles. The van der Waals surface area contributed by atoms with Gasteiger partial charge < -0.3 is 14.7 Å². The number of nitrogens with zero attached hydrogens (tertiary/aromatic N) is 1. The number of carbonyl (C=O) groups excluding carboxylic acids is 1. The molecule has 1 aliphatic rings. The highest BCUT2D eigenvalue weighted by Crippen LogP contribution is 2.33. The van der Waals surface area contributed by atoms with Crippen molar-refractivity contribution in [1.82, 2.24) is 0 Å². The van der Waals surface area contributed by atoms with E-state index in [4.69, 9.17) is 24.0 Å². The lowest BCUT2D eigenvalue weighted by molar-refractivity contribution is -0.123. The summed E-state index contributed by atoms with van der Waals surface area (Å²) in [6.45, 7) is 0. The predicted molar refractivity (Wildman–Crippen MR) is 91.4 cm³/mol. The van der Waals surface area contributed by atoms with Crippen LogP contribution in [-0.2, 0) is 29.5 Å². The van der Waals surface area contributed by atoms with Crippen LogP contribution in [0.5, 0.6) is 0 Å². The number of nitriles is 1. The van der Waals surface area contributed by atoms with E-state index in [2.05, 4.69) is 0 Å². The summed E-state index contributed by atoms with van der Waals surface area (Å²) in [5, 5.41) is 8.99. The molecule has 8 heteroatoms. The van der Waals surface area contributed by atoms with Crippen molar-refractivity contribution < 1.29 is 26.2 Å². The van der Waals surface area contributed by atoms with Gasteiger partial charge in [-0.15, -0.1) is 0 Å². The molecular weight excluding hydrogens is 356 g/mol. The van der Waals surface area contributed by atoms with Gasteiger partial charge in [0.2, 0.25) is 17.4 Å². The van der Waals surface area contributed by atoms with Gasteiger partial charge in [-0.2, -0.15) is 13.7 Å². The minimum Gasteiger partial charge on any atom is -0.460 e. The maximum Gasteiger partial charge on any atom is 0.313 e. The normalized spacial score (nSPS) is 22.0. The molecule has 0 amide bonds. The molecule has 0 saturated carbocycles. The molecule has 3 rings (SSSR count). The van der Waals surface area contributed by atoms with Gasteiger partial charge in [0.15, 0.2) is 6.08 Å². The second-order valence-electron chi connectivity index (χ2n) is 5.15. The van der Waals surface area contributed by atoms with E-state index in [1.165, 1.54) is 48.5 Å². The second-order valence-corrected chi connectivity index (χ2v) is 6.43. The molecule has 0 spiro atoms. The zero-order chi connectivity index (χ0) is 21.4. The maximum atomic E-state index is 12.7. The summed E-state index contributed by atoms with van der Waals surface area (Å²) >= 11 is 0. The minimum absolute atomic E-state index is 0.0634. The Bertz CT molecular complexity index is 1160. The first-order valence-corrected chi connectivity index (χ1v) is 8.67. The summed E-state index contributed by atoms with van der Waals surface area (Å²) in [7, 11) is -5.05. The molecule has 0 unspecified atom stereocenters. The van der Waals surface area contributed by atoms with Crippen LogP contribution >= 0.6 is 0 Å². The number of nitrogens with two attached hydrogens (primary N) is 1. The Hall–Kier alpha value is -3.31. The number of rotatable bonds is 5. The molecule has 1 atom stereocenters. The molecule has 0 aromatic heterocycles. The number of carbonyl (C=O) groups is 1. The van der Waals surface area contributed by atoms with E-state index in [1.54, 1.807) is 6.07 Å². The molecular formula is C18H14N2O5S. The van der Waals surface area contributed by atoms with Crippen molar-refractivity contribution >= 4 is 15.9 Å². The van der Waals surface area contributed by atoms with E-state index >= 15 is 0 Å². The van der Waals surface area contributed by atoms with Crippen molar-refractivity contribution in [3.63, 3.8) is 0 Å². The first kappa shape index (κ1) is 13.9. The van der Waals surface area contributed by atoms with Crippen molar-refractivity contribution in [2.75, 3.05) is 0 Å². The topological polar surface area (TPSA) is 119 Å². The molecule has 26 heavy (non-hydrogen) atoms. The lowest BCUT2D eigenvalue weighted by Gasteiger charge is -2.10. The molecule has 2 N–H and O–H groups in total. The molecule has 0 bridgehead atoms. The Morgan fingerprint density at radius 3 is 2.69 bits per heavy atom. The van der Waals surface area contributed by atoms with Gasteiger partial charge in [-0.05, 0) is 17.7 Å². The summed E-state index contributed by atoms with van der Waals surface area (Å²) in [4.78, 5) is 12.7. The van der Waals surface area contributed by atoms with Crippen molar-refractivity contribution in [3.05, 3.63) is 82.9 Å². The highest BCUT2D eigenvalue weighted by Gasteiger charge is 2.39. The molecule has 0 aliphatic carbocycles. The largest absolute Gasteiger partial charge is 0.460 e. The number of Topliss-reactive ketones (excluding diaryl/α,β-unsaturated/α-hetero) is 1. The number of benzene rings is 2. The monoisotopic (exact) mass is 373 g/mol. The number of hydrogen-bond donors (Lipinski definition) is 1. The van der Waals surface area contributed by atoms with Gasteiger partial charge in [-0.25, -0.2) is 0 Å². The fourth-order valence-corrected chi connectivity index (χ4v) is 3.04. The molecule has 2 aromatic carbocycles. The molecule has 132 valence electrons. The number of ether oxygens (including phenoxy) is 1. The van der Waals surface area contributed by atoms with E-state index in [0.29, 0.717) is 0 Å². The number of hydrogen-bond acceptors (Lipinski definition) is 7. The Morgan fingerprint density at radius 2 is 2.00 bits per heavy atom. The second kappa shape index (κ2) is 6.90. The first-order chi connectivity index (χ1) is 13.5. The fourth-order valence-electron chi connectivity index (χ4n) is 2.20. The minimum atomic E-state index is -5.05. The van der Waals surface area contributed by atoms with Gasteiger partial charge in [0.05, 0.1) is 15.7 Å². The summed E-state index contributed by atoms with van der Waals surface area (Å²) in [5.41, 5.74) is 2.44. The third-order valence-corrected chi connectivity index (χ3v) is 4.18. The average Bonchev–Trinajstić information content (AvgIpc) is 2.92. The summed E-state index contributed by atoms with van der Waals surface area (Å²) < 4.78 is 59.1. The van der Waals surface area contributed by atoms with Crippen molar-refractivity contribution in [2.24, 2.45) is 5.73 Å². The van der Waals surface area contributed by atoms with Gasteiger partial charge in [0.1, 0.15) is 5.70 Å². The van der Waals surface area contributed by atoms with E-state index in [-0.39, 0.29) is 16.7 Å². The lowest BCUT2D eigenvalue weighted by atomic mass is 10.0. The van der Waals surface area contributed by atoms with Crippen LogP contribution < -0.4 is 5.73 Å². The van der Waals surface area contributed by atoms with Crippen LogP contribution in [0.1, 0.15) is 26.9 Å². The Kier molecular flexibility index (Phi) is 3.69. The standard InChI is InChI=1S/C18H14N2O5S/c19-10-13-7-4-8-14(9-13)16-15(21)17(18(20)24-16)25-26(22,23)11-12-5-2-1-3-6-12/h1-9,16H,11,20H2/t16-/m1/s1/i11D2,16D. The van der Waals surface area contributed by atoms with Crippen LogP contribution in [-0.4, -0.2) is 14.2 Å². The third-order valence-electron chi connectivity index (χ3n) is 3.31. The predicted octanol–water partition coefficient (Wildman–Crippen LogP) is 1.87. The smallest absolute Gasteiger partial charge is 0.313 e. The molecule has 0 saturated heterocycles. The zero-order valence-corrected chi connectivity index (χ0v) is 14.0. The van der Waals surface area contributed by atoms with Crippen molar-refractivity contribution in [2.45, 2.75) is 11.8 Å². The zero-order valence-electron chi connectivity index (χ0n) is 16.2. The van der Waals surface area contributed by atoms with E-state index in [0.717, 1.165) is 0 Å². The Labute approximate surface area is 154 Å². The van der Waals surface area contributed by atoms with Gasteiger partial charge in [0.25, 0.3) is 0 Å². The Morgan fingerprint density at radius 1 is 1.27 bits per heavy atom. The lowest BCUT2D eigenvalue weighted by Crippen LogP contribution is -2.16. The molecule has 1 aliphatic heterocycles. The van der Waals surface area contributed by atoms with Crippen LogP contribution in [0, 0.1) is 11.3 Å². The number of ketones is 1. The summed E-state index contributed by atoms with van der Waals surface area (Å²) in [6, 6.07) is 14.2. The quantitative estimate of drug-likeness (QED) is 0.795. The van der Waals surface area contributed by atoms with Gasteiger partial charge in [-0.1, -0.05) is 42.5 Å². The maximum absolute atomic E-state index is 12.7. The highest BCUT2D eigenvalue weighted by atomic mass is 32.2. The van der Waals surface area contributed by atoms with Gasteiger partial charge >= 0.3 is 10.1 Å². The SMILES string of the molecule is [2H]C([2H])(c1ccccc1)S(=O)(=O)OC1=C(N)O[C@]([2H])(c2cccc(C#N)c2)C1=O. The van der Waals surface area contributed by atoms with Gasteiger partial charge in [-0.3, -0.25) is 4.79 Å². The van der Waals surface area contributed by atoms with E-state index in [1.807, 2.05) is 6.07 Å². The molecule has 7 nitrogen and oxygen atoms in total. The van der Waals surface area contributed by atoms with Crippen LogP contribution in [0.25, 0.3) is 0 Å². The summed E-state index contributed by atoms with van der Waals surface area (Å²) in [6.07, 6.45) is -2.47. The fraction of sp³-hybridized carbons (Fsp3) is 0.111. The Balaban J connectivity index is 1.95. The highest BCUT2D eigenvalue weighted by molar-refractivity contribution is 7.86. The average molecular weight is 373 g/mol. The molecule has 0 fully saturated rings. The molecule has 2 aromatic rings. The van der Waals surface area contributed by atoms with Crippen molar-refractivity contribution in [3.8, 4) is 6.07 Å². The molecule has 0 radical (unpaired) electrons. The first-order valence-electron chi connectivity index (χ1n) is 8.76. The van der Waals surface area contributed by atoms with E-state index in [9.17, 15) is 13.2 Å². The van der Waals surface area contributed by atoms with Crippen molar-refractivity contribution in [1.29, 1.82) is 5.26 Å². The van der Waals surface area contributed by atoms with Crippen LogP contribution in [0.2, 0.25) is 0 Å². The summed E-state index contributed by atoms with van der Waals surface area (Å²) in [5.74, 6) is -3.01. The van der Waals surface area contributed by atoms with Crippen LogP contribution in [0.15, 0.2) is 66.2 Å². The van der Waals surface area contributed by atoms with E-state index < -0.39 is 39.3 Å². The third kappa shape index (κ3) is 3.68. The van der Waals surface area contributed by atoms with Gasteiger partial charge in [0, 0.05) is 5.56 Å². The van der Waals surface area contributed by atoms with Crippen LogP contribution in [0.4, 0.5) is 0 Å². The van der Waals surface area contributed by atoms with Crippen LogP contribution in [0.3, 0.4) is 0 Å².